The molecule has 0 aromatic heterocycles. The van der Waals surface area contributed by atoms with Crippen LogP contribution in [0.3, 0.4) is 0 Å². The van der Waals surface area contributed by atoms with Gasteiger partial charge in [0.25, 0.3) is 5.91 Å². The normalized spacial score (nSPS) is 24.7. The monoisotopic (exact) mass is 340 g/mol. The average molecular weight is 340 g/mol. The van der Waals surface area contributed by atoms with Gasteiger partial charge in [-0.05, 0) is 30.0 Å². The fraction of sp³-hybridized carbons (Fsp3) is 0.368. The van der Waals surface area contributed by atoms with Gasteiger partial charge in [-0.15, -0.1) is 0 Å². The highest BCUT2D eigenvalue weighted by molar-refractivity contribution is 8.19. The number of benzene rings is 1. The van der Waals surface area contributed by atoms with E-state index in [1.54, 1.807) is 4.90 Å². The summed E-state index contributed by atoms with van der Waals surface area (Å²) in [5.41, 5.74) is 2.33. The average Bonchev–Trinajstić information content (AvgIpc) is 3.21. The Labute approximate surface area is 146 Å². The predicted molar refractivity (Wildman–Crippen MR) is 97.9 cm³/mol. The second kappa shape index (κ2) is 6.57. The second-order valence-corrected chi connectivity index (χ2v) is 7.38. The summed E-state index contributed by atoms with van der Waals surface area (Å²) in [6.07, 6.45) is 8.49. The number of fused-ring (bicyclic) bond motifs is 3. The summed E-state index contributed by atoms with van der Waals surface area (Å²) in [5.74, 6) is -0.00839. The molecular formula is C19H20N2O2S. The molecule has 2 heterocycles. The van der Waals surface area contributed by atoms with Crippen molar-refractivity contribution in [2.45, 2.75) is 25.0 Å². The van der Waals surface area contributed by atoms with Gasteiger partial charge in [-0.2, -0.15) is 0 Å². The minimum absolute atomic E-state index is 0.00839. The van der Waals surface area contributed by atoms with Crippen molar-refractivity contribution in [2.75, 3.05) is 20.2 Å². The molecule has 1 amide bonds. The number of allylic oxidation sites excluding steroid dienone is 2. The predicted octanol–water partition coefficient (Wildman–Crippen LogP) is 3.42. The minimum Gasteiger partial charge on any atom is -0.376 e. The van der Waals surface area contributed by atoms with Crippen LogP contribution < -0.4 is 0 Å². The molecule has 1 unspecified atom stereocenters. The van der Waals surface area contributed by atoms with Gasteiger partial charge in [-0.3, -0.25) is 9.79 Å². The largest absolute Gasteiger partial charge is 0.376 e. The number of nitrogens with zero attached hydrogens (tertiary/aromatic N) is 2. The first-order valence-electron chi connectivity index (χ1n) is 8.32. The van der Waals surface area contributed by atoms with Crippen LogP contribution in [-0.4, -0.2) is 42.2 Å². The van der Waals surface area contributed by atoms with Crippen LogP contribution in [0.5, 0.6) is 0 Å². The van der Waals surface area contributed by atoms with E-state index in [0.29, 0.717) is 11.6 Å². The Morgan fingerprint density at radius 2 is 2.29 bits per heavy atom. The van der Waals surface area contributed by atoms with Gasteiger partial charge in [-0.1, -0.05) is 48.2 Å². The Morgan fingerprint density at radius 1 is 1.42 bits per heavy atom. The van der Waals surface area contributed by atoms with E-state index >= 15 is 0 Å². The van der Waals surface area contributed by atoms with E-state index in [1.165, 1.54) is 17.3 Å². The summed E-state index contributed by atoms with van der Waals surface area (Å²) in [5, 5.41) is 0.580. The minimum atomic E-state index is -0.0590. The fourth-order valence-corrected chi connectivity index (χ4v) is 4.38. The highest BCUT2D eigenvalue weighted by Crippen LogP contribution is 2.44. The molecule has 0 N–H and O–H groups in total. The molecule has 24 heavy (non-hydrogen) atoms. The summed E-state index contributed by atoms with van der Waals surface area (Å²) >= 11 is 1.49. The lowest BCUT2D eigenvalue weighted by atomic mass is 10.0. The number of carbonyl (C=O) groups is 1. The van der Waals surface area contributed by atoms with Crippen LogP contribution in [0.2, 0.25) is 0 Å². The molecule has 124 valence electrons. The molecule has 2 atom stereocenters. The Kier molecular flexibility index (Phi) is 4.29. The van der Waals surface area contributed by atoms with Crippen molar-refractivity contribution in [3.8, 4) is 0 Å². The van der Waals surface area contributed by atoms with Gasteiger partial charge in [0, 0.05) is 25.1 Å². The highest BCUT2D eigenvalue weighted by Gasteiger charge is 2.33. The van der Waals surface area contributed by atoms with Crippen molar-refractivity contribution in [1.82, 2.24) is 4.90 Å². The maximum absolute atomic E-state index is 12.7. The SMILES string of the molecule is CN(C[C@H]1CCCO1)C(=O)C1=NC2C(=CC=Cc3ccccc32)S1. The van der Waals surface area contributed by atoms with Crippen LogP contribution in [0.4, 0.5) is 0 Å². The van der Waals surface area contributed by atoms with Crippen molar-refractivity contribution >= 4 is 28.8 Å². The van der Waals surface area contributed by atoms with Crippen molar-refractivity contribution in [2.24, 2.45) is 4.99 Å². The molecule has 1 aromatic carbocycles. The molecule has 4 rings (SSSR count). The van der Waals surface area contributed by atoms with Crippen LogP contribution in [0, 0.1) is 0 Å². The van der Waals surface area contributed by atoms with Crippen molar-refractivity contribution < 1.29 is 9.53 Å². The number of rotatable bonds is 3. The van der Waals surface area contributed by atoms with Crippen molar-refractivity contribution in [1.29, 1.82) is 0 Å². The summed E-state index contributed by atoms with van der Waals surface area (Å²) < 4.78 is 5.63. The van der Waals surface area contributed by atoms with Crippen molar-refractivity contribution in [3.05, 3.63) is 52.4 Å². The maximum atomic E-state index is 12.7. The maximum Gasteiger partial charge on any atom is 0.278 e. The number of hydrogen-bond donors (Lipinski definition) is 0. The first-order valence-corrected chi connectivity index (χ1v) is 9.14. The highest BCUT2D eigenvalue weighted by atomic mass is 32.2. The van der Waals surface area contributed by atoms with Crippen LogP contribution >= 0.6 is 11.8 Å². The molecule has 1 saturated heterocycles. The van der Waals surface area contributed by atoms with Gasteiger partial charge in [0.2, 0.25) is 0 Å². The van der Waals surface area contributed by atoms with Crippen LogP contribution in [0.15, 0.2) is 46.3 Å². The van der Waals surface area contributed by atoms with E-state index in [0.717, 1.165) is 29.9 Å². The molecule has 0 radical (unpaired) electrons. The lowest BCUT2D eigenvalue weighted by molar-refractivity contribution is -0.123. The number of aliphatic imine (C=N–C) groups is 1. The van der Waals surface area contributed by atoms with Gasteiger partial charge in [0.05, 0.1) is 6.10 Å². The van der Waals surface area contributed by atoms with Crippen LogP contribution in [-0.2, 0) is 9.53 Å². The number of carbonyl (C=O) groups excluding carboxylic acids is 1. The van der Waals surface area contributed by atoms with Crippen molar-refractivity contribution in [3.63, 3.8) is 0 Å². The van der Waals surface area contributed by atoms with E-state index in [1.807, 2.05) is 25.3 Å². The molecule has 0 bridgehead atoms. The molecule has 1 aromatic rings. The molecule has 4 nitrogen and oxygen atoms in total. The standard InChI is InChI=1S/C19H20N2O2S/c1-21(12-14-8-5-11-23-14)19(22)18-20-17-15-9-3-2-6-13(15)7-4-10-16(17)24-18/h2-4,6-7,9-10,14,17H,5,8,11-12H2,1H3/t14-,17?/m1/s1. The number of hydrogen-bond acceptors (Lipinski definition) is 4. The zero-order valence-electron chi connectivity index (χ0n) is 13.6. The van der Waals surface area contributed by atoms with Gasteiger partial charge < -0.3 is 9.64 Å². The van der Waals surface area contributed by atoms with Gasteiger partial charge in [-0.25, -0.2) is 0 Å². The van der Waals surface area contributed by atoms with Gasteiger partial charge in [0.15, 0.2) is 5.04 Å². The fourth-order valence-electron chi connectivity index (χ4n) is 3.32. The van der Waals surface area contributed by atoms with Gasteiger partial charge >= 0.3 is 0 Å². The molecule has 0 saturated carbocycles. The number of likely N-dealkylation sites (N-methyl/N-ethyl adjacent to an activating group) is 1. The number of thioether (sulfide) groups is 1. The number of amides is 1. The molecule has 2 aliphatic heterocycles. The molecule has 1 aliphatic carbocycles. The Morgan fingerprint density at radius 3 is 3.12 bits per heavy atom. The third-order valence-electron chi connectivity index (χ3n) is 4.59. The molecule has 0 spiro atoms. The van der Waals surface area contributed by atoms with Crippen LogP contribution in [0.1, 0.15) is 30.0 Å². The quantitative estimate of drug-likeness (QED) is 0.847. The van der Waals surface area contributed by atoms with Gasteiger partial charge in [0.1, 0.15) is 6.04 Å². The Balaban J connectivity index is 1.54. The van der Waals surface area contributed by atoms with Crippen LogP contribution in [0.25, 0.3) is 6.08 Å². The van der Waals surface area contributed by atoms with E-state index in [2.05, 4.69) is 24.3 Å². The summed E-state index contributed by atoms with van der Waals surface area (Å²) in [6.45, 7) is 1.44. The zero-order chi connectivity index (χ0) is 16.5. The zero-order valence-corrected chi connectivity index (χ0v) is 14.5. The first kappa shape index (κ1) is 15.7. The topological polar surface area (TPSA) is 41.9 Å². The Hall–Kier alpha value is -1.85. The summed E-state index contributed by atoms with van der Waals surface area (Å²) in [7, 11) is 1.84. The summed E-state index contributed by atoms with van der Waals surface area (Å²) in [6, 6.07) is 8.18. The Bertz CT molecular complexity index is 747. The number of ether oxygens (including phenoxy) is 1. The van der Waals surface area contributed by atoms with E-state index in [4.69, 9.17) is 9.73 Å². The lowest BCUT2D eigenvalue weighted by Gasteiger charge is -2.20. The third-order valence-corrected chi connectivity index (χ3v) is 5.66. The molecule has 5 heteroatoms. The smallest absolute Gasteiger partial charge is 0.278 e. The molecule has 1 fully saturated rings. The van der Waals surface area contributed by atoms with E-state index in [9.17, 15) is 4.79 Å². The van der Waals surface area contributed by atoms with E-state index in [-0.39, 0.29) is 18.1 Å². The third kappa shape index (κ3) is 2.94. The second-order valence-electron chi connectivity index (χ2n) is 6.32. The molecule has 3 aliphatic rings. The molecular weight excluding hydrogens is 320 g/mol. The first-order chi connectivity index (χ1) is 11.7. The van der Waals surface area contributed by atoms with E-state index < -0.39 is 0 Å². The summed E-state index contributed by atoms with van der Waals surface area (Å²) in [4.78, 5) is 20.4. The lowest BCUT2D eigenvalue weighted by Crippen LogP contribution is -2.37.